The SMILES string of the molecule is Cc1cc(C)cc(S(=O)(=O)c2c(C(=O)N3CCOCC3)cnc3ccc(Cl)cc23)c1. The van der Waals surface area contributed by atoms with Crippen LogP contribution in [0.5, 0.6) is 0 Å². The highest BCUT2D eigenvalue weighted by atomic mass is 35.5. The molecule has 0 radical (unpaired) electrons. The number of hydrogen-bond acceptors (Lipinski definition) is 5. The maximum absolute atomic E-state index is 13.8. The molecule has 1 aliphatic heterocycles. The van der Waals surface area contributed by atoms with E-state index in [1.807, 2.05) is 19.9 Å². The van der Waals surface area contributed by atoms with Crippen LogP contribution in [-0.2, 0) is 14.6 Å². The minimum Gasteiger partial charge on any atom is -0.378 e. The number of sulfone groups is 1. The van der Waals surface area contributed by atoms with Crippen molar-refractivity contribution in [2.45, 2.75) is 23.6 Å². The lowest BCUT2D eigenvalue weighted by Crippen LogP contribution is -2.41. The number of carbonyl (C=O) groups excluding carboxylic acids is 1. The summed E-state index contributed by atoms with van der Waals surface area (Å²) in [6.45, 7) is 5.31. The van der Waals surface area contributed by atoms with Crippen molar-refractivity contribution in [3.05, 3.63) is 64.3 Å². The Morgan fingerprint density at radius 2 is 1.73 bits per heavy atom. The molecule has 4 rings (SSSR count). The third kappa shape index (κ3) is 3.80. The summed E-state index contributed by atoms with van der Waals surface area (Å²) in [7, 11) is -4.02. The van der Waals surface area contributed by atoms with Gasteiger partial charge in [-0.1, -0.05) is 17.7 Å². The minimum atomic E-state index is -4.02. The van der Waals surface area contributed by atoms with Gasteiger partial charge in [-0.25, -0.2) is 8.42 Å². The van der Waals surface area contributed by atoms with Gasteiger partial charge in [0.2, 0.25) is 9.84 Å². The quantitative estimate of drug-likeness (QED) is 0.614. The molecule has 30 heavy (non-hydrogen) atoms. The Balaban J connectivity index is 2.00. The van der Waals surface area contributed by atoms with Crippen molar-refractivity contribution in [1.82, 2.24) is 9.88 Å². The van der Waals surface area contributed by atoms with Crippen LogP contribution in [0.3, 0.4) is 0 Å². The largest absolute Gasteiger partial charge is 0.378 e. The number of halogens is 1. The van der Waals surface area contributed by atoms with Crippen molar-refractivity contribution in [3.63, 3.8) is 0 Å². The van der Waals surface area contributed by atoms with E-state index in [1.165, 1.54) is 6.20 Å². The Morgan fingerprint density at radius 3 is 2.40 bits per heavy atom. The molecule has 3 aromatic rings. The molecule has 2 aromatic carbocycles. The van der Waals surface area contributed by atoms with Gasteiger partial charge in [0.25, 0.3) is 5.91 Å². The average Bonchev–Trinajstić information content (AvgIpc) is 2.72. The second-order valence-corrected chi connectivity index (χ2v) is 9.72. The summed E-state index contributed by atoms with van der Waals surface area (Å²) in [5, 5.41) is 0.706. The van der Waals surface area contributed by atoms with E-state index in [9.17, 15) is 13.2 Å². The third-order valence-electron chi connectivity index (χ3n) is 5.08. The number of nitrogens with zero attached hydrogens (tertiary/aromatic N) is 2. The first-order valence-electron chi connectivity index (χ1n) is 9.56. The first-order chi connectivity index (χ1) is 14.3. The van der Waals surface area contributed by atoms with Crippen LogP contribution < -0.4 is 0 Å². The van der Waals surface area contributed by atoms with Gasteiger partial charge >= 0.3 is 0 Å². The molecule has 156 valence electrons. The second-order valence-electron chi connectivity index (χ2n) is 7.39. The number of ether oxygens (including phenoxy) is 1. The molecule has 1 amide bonds. The van der Waals surface area contributed by atoms with Crippen LogP contribution in [-0.4, -0.2) is 50.5 Å². The van der Waals surface area contributed by atoms with Crippen molar-refractivity contribution in [3.8, 4) is 0 Å². The molecule has 0 saturated carbocycles. The Kier molecular flexibility index (Phi) is 5.53. The maximum Gasteiger partial charge on any atom is 0.256 e. The first kappa shape index (κ1) is 20.8. The Morgan fingerprint density at radius 1 is 1.07 bits per heavy atom. The van der Waals surface area contributed by atoms with Crippen molar-refractivity contribution in [1.29, 1.82) is 0 Å². The lowest BCUT2D eigenvalue weighted by atomic mass is 10.1. The topological polar surface area (TPSA) is 76.6 Å². The molecule has 6 nitrogen and oxygen atoms in total. The molecule has 1 fully saturated rings. The van der Waals surface area contributed by atoms with E-state index >= 15 is 0 Å². The normalized spacial score (nSPS) is 14.8. The zero-order valence-corrected chi connectivity index (χ0v) is 18.3. The van der Waals surface area contributed by atoms with Crippen LogP contribution in [0.2, 0.25) is 5.02 Å². The maximum atomic E-state index is 13.8. The highest BCUT2D eigenvalue weighted by Crippen LogP contribution is 2.33. The van der Waals surface area contributed by atoms with Gasteiger partial charge in [0.1, 0.15) is 0 Å². The fraction of sp³-hybridized carbons (Fsp3) is 0.273. The number of pyridine rings is 1. The fourth-order valence-corrected chi connectivity index (χ4v) is 5.70. The number of fused-ring (bicyclic) bond motifs is 1. The predicted molar refractivity (Wildman–Crippen MR) is 115 cm³/mol. The summed E-state index contributed by atoms with van der Waals surface area (Å²) < 4.78 is 32.9. The van der Waals surface area contributed by atoms with E-state index in [4.69, 9.17) is 16.3 Å². The van der Waals surface area contributed by atoms with Gasteiger partial charge in [-0.3, -0.25) is 9.78 Å². The molecule has 1 saturated heterocycles. The summed E-state index contributed by atoms with van der Waals surface area (Å²) in [4.78, 5) is 19.3. The number of rotatable bonds is 3. The number of benzene rings is 2. The van der Waals surface area contributed by atoms with Crippen LogP contribution in [0.1, 0.15) is 21.5 Å². The number of hydrogen-bond donors (Lipinski definition) is 0. The Labute approximate surface area is 180 Å². The minimum absolute atomic E-state index is 0.0471. The zero-order valence-electron chi connectivity index (χ0n) is 16.7. The van der Waals surface area contributed by atoms with E-state index in [-0.39, 0.29) is 21.3 Å². The molecule has 0 atom stereocenters. The molecule has 2 heterocycles. The summed E-state index contributed by atoms with van der Waals surface area (Å²) in [6, 6.07) is 9.98. The van der Waals surface area contributed by atoms with Gasteiger partial charge in [-0.15, -0.1) is 0 Å². The van der Waals surface area contributed by atoms with Crippen molar-refractivity contribution in [2.75, 3.05) is 26.3 Å². The van der Waals surface area contributed by atoms with Crippen LogP contribution in [0.4, 0.5) is 0 Å². The molecule has 0 bridgehead atoms. The lowest BCUT2D eigenvalue weighted by molar-refractivity contribution is 0.0300. The van der Waals surface area contributed by atoms with Crippen molar-refractivity contribution >= 4 is 38.2 Å². The Bertz CT molecular complexity index is 1230. The summed E-state index contributed by atoms with van der Waals surface area (Å²) in [5.74, 6) is -0.379. The number of amides is 1. The number of morpholine rings is 1. The van der Waals surface area contributed by atoms with Gasteiger partial charge in [-0.05, 0) is 55.3 Å². The summed E-state index contributed by atoms with van der Waals surface area (Å²) >= 11 is 6.18. The highest BCUT2D eigenvalue weighted by Gasteiger charge is 2.31. The average molecular weight is 445 g/mol. The fourth-order valence-electron chi connectivity index (χ4n) is 3.73. The molecule has 0 spiro atoms. The van der Waals surface area contributed by atoms with Gasteiger partial charge < -0.3 is 9.64 Å². The van der Waals surface area contributed by atoms with E-state index in [0.29, 0.717) is 42.2 Å². The van der Waals surface area contributed by atoms with Gasteiger partial charge in [0, 0.05) is 29.7 Å². The summed E-state index contributed by atoms with van der Waals surface area (Å²) in [5.41, 5.74) is 2.16. The third-order valence-corrected chi connectivity index (χ3v) is 7.15. The van der Waals surface area contributed by atoms with E-state index < -0.39 is 9.84 Å². The second kappa shape index (κ2) is 7.98. The van der Waals surface area contributed by atoms with Gasteiger partial charge in [0.15, 0.2) is 0 Å². The van der Waals surface area contributed by atoms with E-state index in [1.54, 1.807) is 35.2 Å². The van der Waals surface area contributed by atoms with E-state index in [2.05, 4.69) is 4.98 Å². The van der Waals surface area contributed by atoms with Crippen LogP contribution in [0.15, 0.2) is 52.4 Å². The first-order valence-corrected chi connectivity index (χ1v) is 11.4. The monoisotopic (exact) mass is 444 g/mol. The predicted octanol–water partition coefficient (Wildman–Crippen LogP) is 3.81. The van der Waals surface area contributed by atoms with Gasteiger partial charge in [-0.2, -0.15) is 0 Å². The number of aryl methyl sites for hydroxylation is 2. The molecular formula is C22H21ClN2O4S. The highest BCUT2D eigenvalue weighted by molar-refractivity contribution is 7.91. The van der Waals surface area contributed by atoms with Crippen LogP contribution in [0, 0.1) is 13.8 Å². The van der Waals surface area contributed by atoms with Crippen molar-refractivity contribution in [2.24, 2.45) is 0 Å². The summed E-state index contributed by atoms with van der Waals surface area (Å²) in [6.07, 6.45) is 1.35. The molecule has 0 aliphatic carbocycles. The molecule has 1 aromatic heterocycles. The number of aromatic nitrogens is 1. The van der Waals surface area contributed by atoms with Crippen LogP contribution >= 0.6 is 11.6 Å². The lowest BCUT2D eigenvalue weighted by Gasteiger charge is -2.27. The smallest absolute Gasteiger partial charge is 0.256 e. The van der Waals surface area contributed by atoms with Crippen LogP contribution in [0.25, 0.3) is 10.9 Å². The zero-order chi connectivity index (χ0) is 21.5. The standard InChI is InChI=1S/C22H21ClN2O4S/c1-14-9-15(2)11-17(10-14)30(27,28)21-18-12-16(23)3-4-20(18)24-13-19(21)22(26)25-5-7-29-8-6-25/h3-4,9-13H,5-8H2,1-2H3. The molecular weight excluding hydrogens is 424 g/mol. The van der Waals surface area contributed by atoms with E-state index in [0.717, 1.165) is 11.1 Å². The molecule has 8 heteroatoms. The molecule has 0 unspecified atom stereocenters. The number of carbonyl (C=O) groups is 1. The molecule has 0 N–H and O–H groups in total. The Hall–Kier alpha value is -2.48. The molecule has 1 aliphatic rings. The van der Waals surface area contributed by atoms with Crippen molar-refractivity contribution < 1.29 is 17.9 Å². The van der Waals surface area contributed by atoms with Gasteiger partial charge in [0.05, 0.1) is 34.1 Å².